The van der Waals surface area contributed by atoms with Gasteiger partial charge in [0.1, 0.15) is 0 Å². The minimum absolute atomic E-state index is 0.0178. The van der Waals surface area contributed by atoms with E-state index in [-0.39, 0.29) is 11.9 Å². The van der Waals surface area contributed by atoms with Crippen LogP contribution in [-0.2, 0) is 11.3 Å². The van der Waals surface area contributed by atoms with Crippen molar-refractivity contribution in [2.24, 2.45) is 0 Å². The number of carbonyl (C=O) groups is 2. The molecule has 1 saturated heterocycles. The lowest BCUT2D eigenvalue weighted by Crippen LogP contribution is -2.51. The molecule has 0 unspecified atom stereocenters. The molecule has 1 aliphatic rings. The number of aromatic nitrogens is 1. The monoisotopic (exact) mass is 339 g/mol. The van der Waals surface area contributed by atoms with Crippen LogP contribution in [0.5, 0.6) is 0 Å². The molecule has 0 spiro atoms. The van der Waals surface area contributed by atoms with Crippen molar-refractivity contribution in [3.8, 4) is 0 Å². The molecule has 0 saturated carbocycles. The topological polar surface area (TPSA) is 60.0 Å². The highest BCUT2D eigenvalue weighted by Gasteiger charge is 2.23. The SMILES string of the molecule is CCN(C(C)=O)c1nc(CN2CCN(C(=O)N(C)C)CC2)cs1. The van der Waals surface area contributed by atoms with E-state index in [1.807, 2.05) is 17.2 Å². The average Bonchev–Trinajstić information content (AvgIpc) is 2.95. The van der Waals surface area contributed by atoms with Gasteiger partial charge >= 0.3 is 6.03 Å². The zero-order valence-electron chi connectivity index (χ0n) is 14.3. The third kappa shape index (κ3) is 4.42. The Morgan fingerprint density at radius 1 is 1.26 bits per heavy atom. The first kappa shape index (κ1) is 17.7. The number of piperazine rings is 1. The maximum absolute atomic E-state index is 11.9. The minimum Gasteiger partial charge on any atom is -0.331 e. The number of nitrogens with zero attached hydrogens (tertiary/aromatic N) is 5. The van der Waals surface area contributed by atoms with E-state index in [1.54, 1.807) is 30.8 Å². The summed E-state index contributed by atoms with van der Waals surface area (Å²) in [5.74, 6) is 0.0178. The highest BCUT2D eigenvalue weighted by molar-refractivity contribution is 7.14. The van der Waals surface area contributed by atoms with Gasteiger partial charge in [-0.15, -0.1) is 11.3 Å². The molecule has 23 heavy (non-hydrogen) atoms. The van der Waals surface area contributed by atoms with E-state index < -0.39 is 0 Å². The Morgan fingerprint density at radius 2 is 1.91 bits per heavy atom. The van der Waals surface area contributed by atoms with Gasteiger partial charge in [0, 0.05) is 65.7 Å². The van der Waals surface area contributed by atoms with Gasteiger partial charge < -0.3 is 9.80 Å². The fraction of sp³-hybridized carbons (Fsp3) is 0.667. The lowest BCUT2D eigenvalue weighted by atomic mass is 10.3. The van der Waals surface area contributed by atoms with Crippen molar-refractivity contribution in [1.29, 1.82) is 0 Å². The van der Waals surface area contributed by atoms with E-state index in [0.29, 0.717) is 6.54 Å². The van der Waals surface area contributed by atoms with Crippen molar-refractivity contribution < 1.29 is 9.59 Å². The number of anilines is 1. The molecule has 1 fully saturated rings. The quantitative estimate of drug-likeness (QED) is 0.830. The molecule has 0 aromatic carbocycles. The van der Waals surface area contributed by atoms with E-state index in [4.69, 9.17) is 0 Å². The van der Waals surface area contributed by atoms with E-state index >= 15 is 0 Å². The second-order valence-corrected chi connectivity index (χ2v) is 6.66. The smallest absolute Gasteiger partial charge is 0.319 e. The summed E-state index contributed by atoms with van der Waals surface area (Å²) in [6.45, 7) is 8.07. The molecule has 0 atom stereocenters. The summed E-state index contributed by atoms with van der Waals surface area (Å²) in [5.41, 5.74) is 0.983. The van der Waals surface area contributed by atoms with Crippen molar-refractivity contribution >= 4 is 28.4 Å². The fourth-order valence-corrected chi connectivity index (χ4v) is 3.52. The van der Waals surface area contributed by atoms with E-state index in [0.717, 1.165) is 43.5 Å². The van der Waals surface area contributed by atoms with E-state index in [9.17, 15) is 9.59 Å². The number of urea groups is 1. The summed E-state index contributed by atoms with van der Waals surface area (Å²) < 4.78 is 0. The van der Waals surface area contributed by atoms with Crippen molar-refractivity contribution in [2.45, 2.75) is 20.4 Å². The molecule has 2 heterocycles. The maximum atomic E-state index is 11.9. The first-order valence-corrected chi connectivity index (χ1v) is 8.71. The summed E-state index contributed by atoms with van der Waals surface area (Å²) in [4.78, 5) is 35.5. The van der Waals surface area contributed by atoms with Crippen LogP contribution in [0.3, 0.4) is 0 Å². The first-order chi connectivity index (χ1) is 10.9. The minimum atomic E-state index is 0.0178. The van der Waals surface area contributed by atoms with Gasteiger partial charge in [-0.25, -0.2) is 9.78 Å². The first-order valence-electron chi connectivity index (χ1n) is 7.83. The molecule has 0 N–H and O–H groups in total. The molecule has 1 aromatic heterocycles. The zero-order valence-corrected chi connectivity index (χ0v) is 15.1. The lowest BCUT2D eigenvalue weighted by Gasteiger charge is -2.35. The van der Waals surface area contributed by atoms with Gasteiger partial charge in [-0.3, -0.25) is 14.6 Å². The van der Waals surface area contributed by atoms with Crippen molar-refractivity contribution in [3.05, 3.63) is 11.1 Å². The van der Waals surface area contributed by atoms with Crippen LogP contribution in [0.15, 0.2) is 5.38 Å². The van der Waals surface area contributed by atoms with Crippen molar-refractivity contribution in [2.75, 3.05) is 51.7 Å². The Morgan fingerprint density at radius 3 is 2.43 bits per heavy atom. The predicted molar refractivity (Wildman–Crippen MR) is 91.7 cm³/mol. The summed E-state index contributed by atoms with van der Waals surface area (Å²) >= 11 is 1.50. The Labute approximate surface area is 141 Å². The summed E-state index contributed by atoms with van der Waals surface area (Å²) in [6.07, 6.45) is 0. The normalized spacial score (nSPS) is 15.6. The molecule has 0 radical (unpaired) electrons. The summed E-state index contributed by atoms with van der Waals surface area (Å²) in [5, 5.41) is 2.77. The number of thiazole rings is 1. The molecule has 128 valence electrons. The number of rotatable bonds is 4. The highest BCUT2D eigenvalue weighted by Crippen LogP contribution is 2.21. The Balaban J connectivity index is 1.89. The molecule has 0 bridgehead atoms. The van der Waals surface area contributed by atoms with Gasteiger partial charge in [0.25, 0.3) is 0 Å². The molecule has 1 aromatic rings. The van der Waals surface area contributed by atoms with Crippen LogP contribution < -0.4 is 4.90 Å². The second-order valence-electron chi connectivity index (χ2n) is 5.82. The van der Waals surface area contributed by atoms with E-state index in [2.05, 4.69) is 9.88 Å². The number of carbonyl (C=O) groups excluding carboxylic acids is 2. The van der Waals surface area contributed by atoms with Crippen LogP contribution in [0.1, 0.15) is 19.5 Å². The second kappa shape index (κ2) is 7.74. The Bertz CT molecular complexity index is 552. The van der Waals surface area contributed by atoms with Gasteiger partial charge in [-0.05, 0) is 6.92 Å². The maximum Gasteiger partial charge on any atom is 0.319 e. The number of amides is 3. The van der Waals surface area contributed by atoms with Crippen molar-refractivity contribution in [1.82, 2.24) is 19.7 Å². The molecular formula is C15H25N5O2S. The average molecular weight is 339 g/mol. The lowest BCUT2D eigenvalue weighted by molar-refractivity contribution is -0.116. The molecular weight excluding hydrogens is 314 g/mol. The van der Waals surface area contributed by atoms with Gasteiger partial charge in [-0.1, -0.05) is 0 Å². The molecule has 7 nitrogen and oxygen atoms in total. The van der Waals surface area contributed by atoms with E-state index in [1.165, 1.54) is 11.3 Å². The molecule has 8 heteroatoms. The van der Waals surface area contributed by atoms with Crippen LogP contribution in [0.25, 0.3) is 0 Å². The van der Waals surface area contributed by atoms with Gasteiger partial charge in [0.2, 0.25) is 5.91 Å². The van der Waals surface area contributed by atoms with Crippen LogP contribution in [0.4, 0.5) is 9.93 Å². The van der Waals surface area contributed by atoms with Crippen LogP contribution in [-0.4, -0.2) is 78.4 Å². The summed E-state index contributed by atoms with van der Waals surface area (Å²) in [7, 11) is 3.56. The fourth-order valence-electron chi connectivity index (χ4n) is 2.59. The van der Waals surface area contributed by atoms with Crippen LogP contribution in [0, 0.1) is 0 Å². The molecule has 2 rings (SSSR count). The van der Waals surface area contributed by atoms with Gasteiger partial charge in [-0.2, -0.15) is 0 Å². The van der Waals surface area contributed by atoms with Gasteiger partial charge in [0.15, 0.2) is 5.13 Å². The number of hydrogen-bond acceptors (Lipinski definition) is 5. The van der Waals surface area contributed by atoms with Crippen LogP contribution in [0.2, 0.25) is 0 Å². The summed E-state index contributed by atoms with van der Waals surface area (Å²) in [6, 6.07) is 0.0700. The highest BCUT2D eigenvalue weighted by atomic mass is 32.1. The third-order valence-corrected chi connectivity index (χ3v) is 4.79. The zero-order chi connectivity index (χ0) is 17.0. The molecule has 0 aliphatic carbocycles. The Hall–Kier alpha value is -1.67. The predicted octanol–water partition coefficient (Wildman–Crippen LogP) is 1.32. The number of hydrogen-bond donors (Lipinski definition) is 0. The van der Waals surface area contributed by atoms with Crippen molar-refractivity contribution in [3.63, 3.8) is 0 Å². The molecule has 3 amide bonds. The third-order valence-electron chi connectivity index (χ3n) is 3.88. The largest absolute Gasteiger partial charge is 0.331 e. The Kier molecular flexibility index (Phi) is 5.95. The van der Waals surface area contributed by atoms with Gasteiger partial charge in [0.05, 0.1) is 5.69 Å². The standard InChI is InChI=1S/C15H25N5O2S/c1-5-20(12(2)21)14-16-13(11-23-14)10-18-6-8-19(9-7-18)15(22)17(3)4/h11H,5-10H2,1-4H3. The molecule has 1 aliphatic heterocycles. The van der Waals surface area contributed by atoms with Crippen LogP contribution >= 0.6 is 11.3 Å².